The third kappa shape index (κ3) is 3.10. The predicted octanol–water partition coefficient (Wildman–Crippen LogP) is 4.54. The van der Waals surface area contributed by atoms with Crippen molar-refractivity contribution in [3.63, 3.8) is 0 Å². The molecule has 4 aromatic rings. The van der Waals surface area contributed by atoms with Crippen LogP contribution >= 0.6 is 0 Å². The van der Waals surface area contributed by atoms with Gasteiger partial charge in [-0.2, -0.15) is 10.1 Å². The molecule has 2 N–H and O–H groups in total. The fourth-order valence-corrected chi connectivity index (χ4v) is 4.09. The maximum absolute atomic E-state index is 4.91. The minimum atomic E-state index is 0.643. The zero-order valence-electron chi connectivity index (χ0n) is 16.1. The average Bonchev–Trinajstić information content (AvgIpc) is 3.52. The quantitative estimate of drug-likeness (QED) is 0.542. The van der Waals surface area contributed by atoms with Crippen LogP contribution in [0.3, 0.4) is 0 Å². The number of anilines is 3. The van der Waals surface area contributed by atoms with Crippen molar-refractivity contribution < 1.29 is 0 Å². The number of fused-ring (bicyclic) bond motifs is 2. The number of rotatable bonds is 4. The van der Waals surface area contributed by atoms with Gasteiger partial charge in [0.2, 0.25) is 5.95 Å². The van der Waals surface area contributed by atoms with Crippen molar-refractivity contribution in [3.05, 3.63) is 71.4 Å². The van der Waals surface area contributed by atoms with Gasteiger partial charge in [-0.3, -0.25) is 5.10 Å². The Morgan fingerprint density at radius 1 is 0.966 bits per heavy atom. The van der Waals surface area contributed by atoms with Crippen LogP contribution in [0.4, 0.5) is 17.6 Å². The van der Waals surface area contributed by atoms with Gasteiger partial charge in [0.15, 0.2) is 5.82 Å². The monoisotopic (exact) mass is 382 g/mol. The number of nitrogens with zero attached hydrogens (tertiary/aromatic N) is 4. The van der Waals surface area contributed by atoms with Crippen LogP contribution in [0.5, 0.6) is 0 Å². The van der Waals surface area contributed by atoms with Gasteiger partial charge in [0.05, 0.1) is 5.52 Å². The highest BCUT2D eigenvalue weighted by Gasteiger charge is 2.26. The fourth-order valence-electron chi connectivity index (χ4n) is 4.09. The minimum Gasteiger partial charge on any atom is -0.336 e. The van der Waals surface area contributed by atoms with Crippen molar-refractivity contribution >= 4 is 28.5 Å². The van der Waals surface area contributed by atoms with E-state index >= 15 is 0 Å². The van der Waals surface area contributed by atoms with Gasteiger partial charge in [0.1, 0.15) is 5.82 Å². The van der Waals surface area contributed by atoms with Crippen LogP contribution in [0.15, 0.2) is 54.6 Å². The number of aromatic amines is 1. The number of hydrogen-bond donors (Lipinski definition) is 2. The number of aromatic nitrogens is 4. The van der Waals surface area contributed by atoms with E-state index in [-0.39, 0.29) is 0 Å². The van der Waals surface area contributed by atoms with Crippen molar-refractivity contribution in [1.29, 1.82) is 0 Å². The lowest BCUT2D eigenvalue weighted by atomic mass is 10.0. The largest absolute Gasteiger partial charge is 0.336 e. The molecule has 0 unspecified atom stereocenters. The Bertz CT molecular complexity index is 1190. The summed E-state index contributed by atoms with van der Waals surface area (Å²) >= 11 is 0. The van der Waals surface area contributed by atoms with E-state index in [0.29, 0.717) is 5.92 Å². The van der Waals surface area contributed by atoms with Crippen LogP contribution in [0, 0.1) is 0 Å². The molecule has 6 nitrogen and oxygen atoms in total. The molecule has 6 heteroatoms. The molecule has 2 aliphatic rings. The smallest absolute Gasteiger partial charge is 0.228 e. The second kappa shape index (κ2) is 6.58. The van der Waals surface area contributed by atoms with E-state index in [0.717, 1.165) is 48.0 Å². The van der Waals surface area contributed by atoms with Crippen molar-refractivity contribution in [3.8, 4) is 0 Å². The summed E-state index contributed by atoms with van der Waals surface area (Å²) in [5, 5.41) is 12.0. The van der Waals surface area contributed by atoms with Gasteiger partial charge in [0, 0.05) is 36.2 Å². The van der Waals surface area contributed by atoms with Crippen LogP contribution in [0.25, 0.3) is 10.9 Å². The van der Waals surface area contributed by atoms with E-state index in [1.165, 1.54) is 29.7 Å². The van der Waals surface area contributed by atoms with Gasteiger partial charge in [-0.15, -0.1) is 0 Å². The lowest BCUT2D eigenvalue weighted by molar-refractivity contribution is 0.710. The van der Waals surface area contributed by atoms with Gasteiger partial charge in [0.25, 0.3) is 0 Å². The topological polar surface area (TPSA) is 69.7 Å². The molecule has 0 saturated heterocycles. The summed E-state index contributed by atoms with van der Waals surface area (Å²) in [6.45, 7) is 1.76. The molecule has 1 aliphatic heterocycles. The number of benzene rings is 2. The number of para-hydroxylation sites is 1. The molecule has 1 saturated carbocycles. The number of hydrogen-bond acceptors (Lipinski definition) is 5. The Balaban J connectivity index is 1.37. The summed E-state index contributed by atoms with van der Waals surface area (Å²) < 4.78 is 0. The van der Waals surface area contributed by atoms with E-state index in [9.17, 15) is 0 Å². The highest BCUT2D eigenvalue weighted by molar-refractivity contribution is 5.91. The summed E-state index contributed by atoms with van der Waals surface area (Å²) in [4.78, 5) is 12.0. The first-order valence-electron chi connectivity index (χ1n) is 10.2. The Kier molecular flexibility index (Phi) is 3.75. The Labute approximate surface area is 169 Å². The maximum atomic E-state index is 4.91. The first-order chi connectivity index (χ1) is 14.3. The Morgan fingerprint density at radius 3 is 2.69 bits per heavy atom. The van der Waals surface area contributed by atoms with Crippen LogP contribution in [-0.4, -0.2) is 26.7 Å². The lowest BCUT2D eigenvalue weighted by Crippen LogP contribution is -2.31. The van der Waals surface area contributed by atoms with Gasteiger partial charge in [-0.25, -0.2) is 4.98 Å². The molecular formula is C23H22N6. The maximum Gasteiger partial charge on any atom is 0.228 e. The molecule has 144 valence electrons. The highest BCUT2D eigenvalue weighted by Crippen LogP contribution is 2.40. The average molecular weight is 382 g/mol. The van der Waals surface area contributed by atoms with E-state index < -0.39 is 0 Å². The molecule has 0 amide bonds. The van der Waals surface area contributed by atoms with Gasteiger partial charge in [-0.1, -0.05) is 36.4 Å². The molecule has 3 heterocycles. The standard InChI is InChI=1S/C23H22N6/c1-2-6-17-14-29(12-11-15(17)5-1)23-24-19-8-4-3-7-18(19)22(26-23)25-21-13-20(27-28-21)16-9-10-16/h1-8,13,16H,9-12,14H2,(H2,24,25,26,27,28). The van der Waals surface area contributed by atoms with Crippen LogP contribution in [0.2, 0.25) is 0 Å². The second-order valence-electron chi connectivity index (χ2n) is 7.94. The third-order valence-electron chi connectivity index (χ3n) is 5.87. The van der Waals surface area contributed by atoms with Gasteiger partial charge in [-0.05, 0) is 42.5 Å². The van der Waals surface area contributed by atoms with E-state index in [1.807, 2.05) is 18.2 Å². The van der Waals surface area contributed by atoms with Crippen molar-refractivity contribution in [1.82, 2.24) is 20.2 Å². The van der Waals surface area contributed by atoms with Crippen molar-refractivity contribution in [2.45, 2.75) is 31.7 Å². The first-order valence-corrected chi connectivity index (χ1v) is 10.2. The summed E-state index contributed by atoms with van der Waals surface area (Å²) in [5.41, 5.74) is 4.92. The molecule has 0 bridgehead atoms. The second-order valence-corrected chi connectivity index (χ2v) is 7.94. The van der Waals surface area contributed by atoms with Crippen LogP contribution < -0.4 is 10.2 Å². The molecule has 29 heavy (non-hydrogen) atoms. The SMILES string of the molecule is c1ccc2c(c1)CCN(c1nc(Nc3cc(C4CC4)[nH]n3)c3ccccc3n1)C2. The predicted molar refractivity (Wildman–Crippen MR) is 115 cm³/mol. The first kappa shape index (κ1) is 16.5. The van der Waals surface area contributed by atoms with E-state index in [1.54, 1.807) is 0 Å². The molecular weight excluding hydrogens is 360 g/mol. The summed E-state index contributed by atoms with van der Waals surface area (Å²) in [6, 6.07) is 18.9. The summed E-state index contributed by atoms with van der Waals surface area (Å²) in [6.07, 6.45) is 3.51. The zero-order valence-corrected chi connectivity index (χ0v) is 16.1. The molecule has 1 fully saturated rings. The molecule has 0 spiro atoms. The minimum absolute atomic E-state index is 0.643. The Hall–Kier alpha value is -3.41. The molecule has 2 aromatic carbocycles. The van der Waals surface area contributed by atoms with Crippen LogP contribution in [-0.2, 0) is 13.0 Å². The lowest BCUT2D eigenvalue weighted by Gasteiger charge is -2.29. The summed E-state index contributed by atoms with van der Waals surface area (Å²) in [5.74, 6) is 3.02. The Morgan fingerprint density at radius 2 is 1.79 bits per heavy atom. The summed E-state index contributed by atoms with van der Waals surface area (Å²) in [7, 11) is 0. The molecule has 1 aliphatic carbocycles. The van der Waals surface area contributed by atoms with Crippen molar-refractivity contribution in [2.24, 2.45) is 0 Å². The molecule has 0 atom stereocenters. The van der Waals surface area contributed by atoms with Crippen molar-refractivity contribution in [2.75, 3.05) is 16.8 Å². The van der Waals surface area contributed by atoms with Crippen LogP contribution in [0.1, 0.15) is 35.6 Å². The van der Waals surface area contributed by atoms with Gasteiger partial charge < -0.3 is 10.2 Å². The third-order valence-corrected chi connectivity index (χ3v) is 5.87. The molecule has 2 aromatic heterocycles. The highest BCUT2D eigenvalue weighted by atomic mass is 15.3. The van der Waals surface area contributed by atoms with E-state index in [4.69, 9.17) is 9.97 Å². The van der Waals surface area contributed by atoms with E-state index in [2.05, 4.69) is 56.8 Å². The fraction of sp³-hybridized carbons (Fsp3) is 0.261. The number of H-pyrrole nitrogens is 1. The van der Waals surface area contributed by atoms with Gasteiger partial charge >= 0.3 is 0 Å². The normalized spacial score (nSPS) is 16.1. The number of nitrogens with one attached hydrogen (secondary N) is 2. The molecule has 6 rings (SSSR count). The zero-order chi connectivity index (χ0) is 19.2. The molecule has 0 radical (unpaired) electrons.